The standard InChI is InChI=1S/C32H24N2O4S3/c35-29-19-27(40-23-7-3-1-4-8-23)31(37)33(29)21-11-15-25(16-12-21)39-26-17-13-22(14-18-26)34-30(36)20-28(32(34)38)41-24-9-5-2-6-10-24/h1-18,27-28H,19-20H2/t27-,28+. The third-order valence-electron chi connectivity index (χ3n) is 6.68. The molecule has 4 aromatic carbocycles. The minimum absolute atomic E-state index is 0.176. The van der Waals surface area contributed by atoms with Crippen LogP contribution in [0.4, 0.5) is 11.4 Å². The number of amides is 4. The molecule has 0 radical (unpaired) electrons. The summed E-state index contributed by atoms with van der Waals surface area (Å²) in [6, 6.07) is 33.9. The second kappa shape index (κ2) is 12.0. The Balaban J connectivity index is 1.08. The highest BCUT2D eigenvalue weighted by atomic mass is 32.2. The van der Waals surface area contributed by atoms with Crippen LogP contribution in [0.25, 0.3) is 0 Å². The maximum absolute atomic E-state index is 13.0. The van der Waals surface area contributed by atoms with Gasteiger partial charge in [-0.15, -0.1) is 23.5 Å². The first kappa shape index (κ1) is 27.4. The summed E-state index contributed by atoms with van der Waals surface area (Å²) in [6.45, 7) is 0. The summed E-state index contributed by atoms with van der Waals surface area (Å²) in [5.41, 5.74) is 1.12. The van der Waals surface area contributed by atoms with Crippen LogP contribution in [-0.2, 0) is 19.2 Å². The molecule has 4 amide bonds. The van der Waals surface area contributed by atoms with E-state index < -0.39 is 10.5 Å². The molecule has 0 aliphatic carbocycles. The van der Waals surface area contributed by atoms with E-state index in [4.69, 9.17) is 0 Å². The van der Waals surface area contributed by atoms with E-state index in [1.54, 1.807) is 24.3 Å². The number of rotatable bonds is 8. The Hall–Kier alpha value is -3.79. The van der Waals surface area contributed by atoms with Crippen LogP contribution < -0.4 is 9.80 Å². The van der Waals surface area contributed by atoms with Gasteiger partial charge in [0.15, 0.2) is 0 Å². The normalized spacial score (nSPS) is 18.9. The van der Waals surface area contributed by atoms with E-state index in [2.05, 4.69) is 0 Å². The van der Waals surface area contributed by atoms with Gasteiger partial charge in [0, 0.05) is 32.4 Å². The van der Waals surface area contributed by atoms with Gasteiger partial charge in [0.05, 0.1) is 21.9 Å². The van der Waals surface area contributed by atoms with E-state index in [1.165, 1.54) is 45.1 Å². The zero-order valence-electron chi connectivity index (χ0n) is 21.7. The Kier molecular flexibility index (Phi) is 8.00. The smallest absolute Gasteiger partial charge is 0.247 e. The predicted molar refractivity (Wildman–Crippen MR) is 163 cm³/mol. The number of nitrogens with zero attached hydrogens (tertiary/aromatic N) is 2. The molecule has 0 N–H and O–H groups in total. The third-order valence-corrected chi connectivity index (χ3v) is 10.1. The van der Waals surface area contributed by atoms with E-state index in [0.29, 0.717) is 11.4 Å². The zero-order chi connectivity index (χ0) is 28.3. The molecule has 4 aromatic rings. The summed E-state index contributed by atoms with van der Waals surface area (Å²) in [6.07, 6.45) is 0.351. The average Bonchev–Trinajstić information content (AvgIpc) is 3.43. The van der Waals surface area contributed by atoms with Crippen molar-refractivity contribution in [2.45, 2.75) is 42.9 Å². The van der Waals surface area contributed by atoms with Gasteiger partial charge in [-0.3, -0.25) is 19.2 Å². The molecule has 0 aromatic heterocycles. The summed E-state index contributed by atoms with van der Waals surface area (Å²) in [7, 11) is 0. The first-order chi connectivity index (χ1) is 20.0. The number of carbonyl (C=O) groups excluding carboxylic acids is 4. The van der Waals surface area contributed by atoms with Gasteiger partial charge < -0.3 is 0 Å². The van der Waals surface area contributed by atoms with Crippen LogP contribution in [-0.4, -0.2) is 34.1 Å². The fraction of sp³-hybridized carbons (Fsp3) is 0.125. The molecule has 41 heavy (non-hydrogen) atoms. The number of anilines is 2. The van der Waals surface area contributed by atoms with Crippen LogP contribution in [0, 0.1) is 0 Å². The van der Waals surface area contributed by atoms with Crippen molar-refractivity contribution in [1.29, 1.82) is 0 Å². The van der Waals surface area contributed by atoms with Gasteiger partial charge in [0.25, 0.3) is 0 Å². The van der Waals surface area contributed by atoms with Gasteiger partial charge in [0.2, 0.25) is 23.6 Å². The van der Waals surface area contributed by atoms with Gasteiger partial charge in [-0.25, -0.2) is 9.80 Å². The van der Waals surface area contributed by atoms with Gasteiger partial charge in [-0.2, -0.15) is 0 Å². The summed E-state index contributed by atoms with van der Waals surface area (Å²) < 4.78 is 0. The van der Waals surface area contributed by atoms with Crippen molar-refractivity contribution in [3.05, 3.63) is 109 Å². The highest BCUT2D eigenvalue weighted by Crippen LogP contribution is 2.37. The van der Waals surface area contributed by atoms with Crippen molar-refractivity contribution in [1.82, 2.24) is 0 Å². The molecule has 2 atom stereocenters. The van der Waals surface area contributed by atoms with Crippen LogP contribution in [0.1, 0.15) is 12.8 Å². The molecule has 2 saturated heterocycles. The van der Waals surface area contributed by atoms with Gasteiger partial charge >= 0.3 is 0 Å². The number of benzene rings is 4. The molecule has 6 rings (SSSR count). The molecule has 6 nitrogen and oxygen atoms in total. The van der Waals surface area contributed by atoms with Crippen molar-refractivity contribution in [3.8, 4) is 0 Å². The molecular weight excluding hydrogens is 573 g/mol. The molecule has 0 bridgehead atoms. The van der Waals surface area contributed by atoms with Gasteiger partial charge in [-0.1, -0.05) is 48.2 Å². The lowest BCUT2D eigenvalue weighted by atomic mass is 10.3. The van der Waals surface area contributed by atoms with Crippen LogP contribution >= 0.6 is 35.3 Å². The average molecular weight is 597 g/mol. The second-order valence-corrected chi connectivity index (χ2v) is 13.2. The molecule has 2 aliphatic rings. The molecule has 2 fully saturated rings. The van der Waals surface area contributed by atoms with Gasteiger partial charge in [-0.05, 0) is 72.8 Å². The number of carbonyl (C=O) groups is 4. The first-order valence-electron chi connectivity index (χ1n) is 13.0. The third kappa shape index (κ3) is 5.98. The highest BCUT2D eigenvalue weighted by Gasteiger charge is 2.41. The number of hydrogen-bond acceptors (Lipinski definition) is 7. The van der Waals surface area contributed by atoms with E-state index in [1.807, 2.05) is 84.9 Å². The first-order valence-corrected chi connectivity index (χ1v) is 15.6. The maximum atomic E-state index is 13.0. The maximum Gasteiger partial charge on any atom is 0.247 e. The molecule has 9 heteroatoms. The van der Waals surface area contributed by atoms with Crippen LogP contribution in [0.2, 0.25) is 0 Å². The topological polar surface area (TPSA) is 74.8 Å². The van der Waals surface area contributed by atoms with E-state index in [0.717, 1.165) is 19.6 Å². The molecule has 204 valence electrons. The van der Waals surface area contributed by atoms with E-state index >= 15 is 0 Å². The lowest BCUT2D eigenvalue weighted by molar-refractivity contribution is -0.122. The Morgan fingerprint density at radius 3 is 1.20 bits per heavy atom. The quantitative estimate of drug-likeness (QED) is 0.210. The molecule has 2 aliphatic heterocycles. The van der Waals surface area contributed by atoms with Crippen molar-refractivity contribution >= 4 is 70.3 Å². The molecule has 0 spiro atoms. The summed E-state index contributed by atoms with van der Waals surface area (Å²) in [5, 5.41) is -0.863. The van der Waals surface area contributed by atoms with Crippen molar-refractivity contribution in [3.63, 3.8) is 0 Å². The Morgan fingerprint density at radius 2 is 0.829 bits per heavy atom. The zero-order valence-corrected chi connectivity index (χ0v) is 24.2. The predicted octanol–water partition coefficient (Wildman–Crippen LogP) is 6.69. The molecule has 0 saturated carbocycles. The fourth-order valence-corrected chi connectivity index (χ4v) is 7.69. The van der Waals surface area contributed by atoms with Crippen LogP contribution in [0.5, 0.6) is 0 Å². The lowest BCUT2D eigenvalue weighted by Crippen LogP contribution is -2.31. The summed E-state index contributed by atoms with van der Waals surface area (Å²) >= 11 is 4.34. The number of imide groups is 2. The minimum atomic E-state index is -0.431. The minimum Gasteiger partial charge on any atom is -0.274 e. The Morgan fingerprint density at radius 1 is 0.463 bits per heavy atom. The van der Waals surface area contributed by atoms with Crippen molar-refractivity contribution in [2.75, 3.05) is 9.80 Å². The Bertz CT molecular complexity index is 1480. The van der Waals surface area contributed by atoms with Crippen molar-refractivity contribution < 1.29 is 19.2 Å². The molecule has 2 heterocycles. The Labute approximate surface area is 250 Å². The van der Waals surface area contributed by atoms with Gasteiger partial charge in [0.1, 0.15) is 0 Å². The molecule has 0 unspecified atom stereocenters. The van der Waals surface area contributed by atoms with E-state index in [9.17, 15) is 19.2 Å². The van der Waals surface area contributed by atoms with Crippen molar-refractivity contribution in [2.24, 2.45) is 0 Å². The second-order valence-electron chi connectivity index (χ2n) is 9.47. The largest absolute Gasteiger partial charge is 0.274 e. The summed E-state index contributed by atoms with van der Waals surface area (Å²) in [4.78, 5) is 57.8. The molecular formula is C32H24N2O4S3. The SMILES string of the molecule is O=C1C[C@H](Sc2ccccc2)C(=O)N1c1ccc(Sc2ccc(N3C(=O)C[C@@H](Sc4ccccc4)C3=O)cc2)cc1. The monoisotopic (exact) mass is 596 g/mol. The highest BCUT2D eigenvalue weighted by molar-refractivity contribution is 8.01. The number of thioether (sulfide) groups is 2. The lowest BCUT2D eigenvalue weighted by Gasteiger charge is -2.16. The number of hydrogen-bond donors (Lipinski definition) is 0. The fourth-order valence-electron chi connectivity index (χ4n) is 4.72. The van der Waals surface area contributed by atoms with E-state index in [-0.39, 0.29) is 36.5 Å². The van der Waals surface area contributed by atoms with Crippen LogP contribution in [0.15, 0.2) is 129 Å². The summed E-state index contributed by atoms with van der Waals surface area (Å²) in [5.74, 6) is -0.796. The van der Waals surface area contributed by atoms with Crippen LogP contribution in [0.3, 0.4) is 0 Å².